The van der Waals surface area contributed by atoms with Crippen LogP contribution in [0.15, 0.2) is 70.5 Å². The third-order valence-electron chi connectivity index (χ3n) is 4.23. The lowest BCUT2D eigenvalue weighted by Gasteiger charge is -2.32. The van der Waals surface area contributed by atoms with E-state index in [2.05, 4.69) is 6.07 Å². The largest absolute Gasteiger partial charge is 0.440 e. The fourth-order valence-electron chi connectivity index (χ4n) is 3.15. The van der Waals surface area contributed by atoms with Gasteiger partial charge in [0.1, 0.15) is 17.4 Å². The van der Waals surface area contributed by atoms with E-state index in [1.807, 2.05) is 48.5 Å². The van der Waals surface area contributed by atoms with Gasteiger partial charge in [0, 0.05) is 21.2 Å². The number of nitriles is 1. The van der Waals surface area contributed by atoms with Crippen molar-refractivity contribution in [1.29, 1.82) is 5.26 Å². The Morgan fingerprint density at radius 3 is 2.75 bits per heavy atom. The van der Waals surface area contributed by atoms with Gasteiger partial charge < -0.3 is 10.5 Å². The third-order valence-corrected chi connectivity index (χ3v) is 5.59. The maximum Gasteiger partial charge on any atom is 0.205 e. The van der Waals surface area contributed by atoms with Crippen LogP contribution in [-0.4, -0.2) is 5.75 Å². The van der Waals surface area contributed by atoms with Gasteiger partial charge in [-0.2, -0.15) is 5.26 Å². The summed E-state index contributed by atoms with van der Waals surface area (Å²) in [7, 11) is 0. The second-order valence-electron chi connectivity index (χ2n) is 5.62. The zero-order valence-electron chi connectivity index (χ0n) is 12.6. The lowest BCUT2D eigenvalue weighted by atomic mass is 9.83. The molecule has 1 atom stereocenters. The van der Waals surface area contributed by atoms with Crippen molar-refractivity contribution < 1.29 is 4.74 Å². The summed E-state index contributed by atoms with van der Waals surface area (Å²) >= 11 is 7.90. The molecule has 0 saturated carbocycles. The van der Waals surface area contributed by atoms with E-state index in [1.54, 1.807) is 11.8 Å². The first kappa shape index (κ1) is 15.2. The van der Waals surface area contributed by atoms with E-state index in [0.29, 0.717) is 10.6 Å². The van der Waals surface area contributed by atoms with E-state index >= 15 is 0 Å². The van der Waals surface area contributed by atoms with Crippen molar-refractivity contribution >= 4 is 29.1 Å². The topological polar surface area (TPSA) is 59.0 Å². The first-order chi connectivity index (χ1) is 11.7. The van der Waals surface area contributed by atoms with Crippen LogP contribution < -0.4 is 5.73 Å². The number of hydrogen-bond acceptors (Lipinski definition) is 4. The van der Waals surface area contributed by atoms with E-state index in [9.17, 15) is 5.26 Å². The number of hydrogen-bond donors (Lipinski definition) is 1. The summed E-state index contributed by atoms with van der Waals surface area (Å²) in [6, 6.07) is 17.9. The lowest BCUT2D eigenvalue weighted by molar-refractivity contribution is 0.354. The molecule has 1 unspecified atom stereocenters. The van der Waals surface area contributed by atoms with E-state index in [-0.39, 0.29) is 11.8 Å². The van der Waals surface area contributed by atoms with Crippen molar-refractivity contribution in [2.75, 3.05) is 5.75 Å². The van der Waals surface area contributed by atoms with Crippen LogP contribution in [0.1, 0.15) is 17.0 Å². The van der Waals surface area contributed by atoms with Gasteiger partial charge in [-0.25, -0.2) is 0 Å². The molecule has 2 aromatic rings. The van der Waals surface area contributed by atoms with Gasteiger partial charge in [-0.1, -0.05) is 41.9 Å². The zero-order chi connectivity index (χ0) is 16.7. The lowest BCUT2D eigenvalue weighted by Crippen LogP contribution is -2.23. The van der Waals surface area contributed by atoms with Gasteiger partial charge in [-0.05, 0) is 29.3 Å². The first-order valence-corrected chi connectivity index (χ1v) is 8.83. The Hall–Kier alpha value is -2.35. The number of fused-ring (bicyclic) bond motifs is 2. The van der Waals surface area contributed by atoms with E-state index < -0.39 is 0 Å². The highest BCUT2D eigenvalue weighted by atomic mass is 35.5. The number of thioether (sulfide) groups is 1. The highest BCUT2D eigenvalue weighted by molar-refractivity contribution is 7.99. The highest BCUT2D eigenvalue weighted by Crippen LogP contribution is 2.49. The van der Waals surface area contributed by atoms with E-state index in [1.165, 1.54) is 0 Å². The van der Waals surface area contributed by atoms with Crippen molar-refractivity contribution in [3.05, 3.63) is 81.7 Å². The quantitative estimate of drug-likeness (QED) is 0.810. The van der Waals surface area contributed by atoms with Crippen LogP contribution in [0, 0.1) is 11.3 Å². The summed E-state index contributed by atoms with van der Waals surface area (Å²) in [5.41, 5.74) is 9.59. The molecule has 0 fully saturated rings. The molecule has 118 valence electrons. The molecule has 0 amide bonds. The number of allylic oxidation sites excluding steroid dienone is 1. The molecule has 0 aliphatic carbocycles. The SMILES string of the molecule is N#CC1=C(N)OC2=C(CSc3ccc(Cl)cc32)C1c1ccccc1. The van der Waals surface area contributed by atoms with Gasteiger partial charge in [0.15, 0.2) is 0 Å². The van der Waals surface area contributed by atoms with Crippen molar-refractivity contribution in [2.45, 2.75) is 10.8 Å². The van der Waals surface area contributed by atoms with Crippen molar-refractivity contribution in [3.8, 4) is 6.07 Å². The molecule has 0 spiro atoms. The molecular formula is C19H13ClN2OS. The first-order valence-electron chi connectivity index (χ1n) is 7.47. The summed E-state index contributed by atoms with van der Waals surface area (Å²) in [4.78, 5) is 1.11. The molecule has 0 saturated heterocycles. The Bertz CT molecular complexity index is 928. The number of nitrogens with two attached hydrogens (primary N) is 1. The number of benzene rings is 2. The standard InChI is InChI=1S/C19H13ClN2OS/c20-12-6-7-16-13(8-12)18-15(10-24-16)17(11-4-2-1-3-5-11)14(9-21)19(22)23-18/h1-8,17H,10,22H2. The van der Waals surface area contributed by atoms with Crippen molar-refractivity contribution in [1.82, 2.24) is 0 Å². The number of rotatable bonds is 1. The number of halogens is 1. The molecule has 4 rings (SSSR count). The monoisotopic (exact) mass is 352 g/mol. The summed E-state index contributed by atoms with van der Waals surface area (Å²) in [6.07, 6.45) is 0. The molecule has 2 aliphatic heterocycles. The van der Waals surface area contributed by atoms with Crippen LogP contribution in [0.2, 0.25) is 5.02 Å². The maximum absolute atomic E-state index is 9.60. The fraction of sp³-hybridized carbons (Fsp3) is 0.105. The van der Waals surface area contributed by atoms with Gasteiger partial charge in [0.2, 0.25) is 5.88 Å². The average Bonchev–Trinajstić information content (AvgIpc) is 2.61. The zero-order valence-corrected chi connectivity index (χ0v) is 14.2. The highest BCUT2D eigenvalue weighted by Gasteiger charge is 2.36. The Kier molecular flexibility index (Phi) is 3.76. The molecule has 0 radical (unpaired) electrons. The number of nitrogens with zero attached hydrogens (tertiary/aromatic N) is 1. The smallest absolute Gasteiger partial charge is 0.205 e. The molecule has 2 N–H and O–H groups in total. The van der Waals surface area contributed by atoms with Crippen LogP contribution in [0.5, 0.6) is 0 Å². The van der Waals surface area contributed by atoms with Crippen molar-refractivity contribution in [3.63, 3.8) is 0 Å². The summed E-state index contributed by atoms with van der Waals surface area (Å²) < 4.78 is 5.87. The minimum atomic E-state index is -0.181. The Labute approximate surface area is 149 Å². The molecule has 3 nitrogen and oxygen atoms in total. The predicted molar refractivity (Wildman–Crippen MR) is 96.2 cm³/mol. The Morgan fingerprint density at radius 2 is 2.00 bits per heavy atom. The van der Waals surface area contributed by atoms with Crippen LogP contribution in [0.3, 0.4) is 0 Å². The fourth-order valence-corrected chi connectivity index (χ4v) is 4.40. The second kappa shape index (κ2) is 5.94. The van der Waals surface area contributed by atoms with Crippen LogP contribution in [0.25, 0.3) is 5.76 Å². The molecular weight excluding hydrogens is 340 g/mol. The normalized spacial score (nSPS) is 19.2. The second-order valence-corrected chi connectivity index (χ2v) is 7.07. The van der Waals surface area contributed by atoms with E-state index in [4.69, 9.17) is 22.1 Å². The van der Waals surface area contributed by atoms with Gasteiger partial charge in [-0.15, -0.1) is 11.8 Å². The van der Waals surface area contributed by atoms with Gasteiger partial charge in [0.25, 0.3) is 0 Å². The van der Waals surface area contributed by atoms with Crippen LogP contribution in [-0.2, 0) is 4.74 Å². The molecule has 5 heteroatoms. The molecule has 24 heavy (non-hydrogen) atoms. The number of ether oxygens (including phenoxy) is 1. The molecule has 0 aromatic heterocycles. The van der Waals surface area contributed by atoms with Gasteiger partial charge in [-0.3, -0.25) is 0 Å². The Balaban J connectivity index is 1.93. The molecule has 0 bridgehead atoms. The minimum Gasteiger partial charge on any atom is -0.440 e. The van der Waals surface area contributed by atoms with Crippen LogP contribution in [0.4, 0.5) is 0 Å². The summed E-state index contributed by atoms with van der Waals surface area (Å²) in [6.45, 7) is 0. The van der Waals surface area contributed by atoms with Crippen LogP contribution >= 0.6 is 23.4 Å². The third kappa shape index (κ3) is 2.37. The Morgan fingerprint density at radius 1 is 1.21 bits per heavy atom. The maximum atomic E-state index is 9.60. The van der Waals surface area contributed by atoms with E-state index in [0.717, 1.165) is 33.1 Å². The molecule has 2 aliphatic rings. The molecule has 2 aromatic carbocycles. The summed E-state index contributed by atoms with van der Waals surface area (Å²) in [5.74, 6) is 1.47. The average molecular weight is 353 g/mol. The minimum absolute atomic E-state index is 0.169. The van der Waals surface area contributed by atoms with Gasteiger partial charge in [0.05, 0.1) is 5.92 Å². The summed E-state index contributed by atoms with van der Waals surface area (Å²) in [5, 5.41) is 10.3. The van der Waals surface area contributed by atoms with Gasteiger partial charge >= 0.3 is 0 Å². The van der Waals surface area contributed by atoms with Crippen molar-refractivity contribution in [2.24, 2.45) is 5.73 Å². The predicted octanol–water partition coefficient (Wildman–Crippen LogP) is 4.66. The molecule has 2 heterocycles.